The van der Waals surface area contributed by atoms with Crippen molar-refractivity contribution < 1.29 is 19.5 Å². The van der Waals surface area contributed by atoms with Gasteiger partial charge in [0.05, 0.1) is 29.2 Å². The van der Waals surface area contributed by atoms with E-state index in [1.165, 1.54) is 34.0 Å². The molecule has 7 N–H and O–H groups in total. The Morgan fingerprint density at radius 1 is 0.605 bits per heavy atom. The summed E-state index contributed by atoms with van der Waals surface area (Å²) in [4.78, 5) is 62.6. The molecule has 3 aliphatic rings. The molecular weight excluding hydrogens is 1030 g/mol. The van der Waals surface area contributed by atoms with E-state index in [4.69, 9.17) is 30.7 Å². The number of anilines is 6. The molecular formula is C48H53N21O4S3. The molecule has 0 spiro atoms. The van der Waals surface area contributed by atoms with Crippen molar-refractivity contribution in [3.05, 3.63) is 85.7 Å². The highest BCUT2D eigenvalue weighted by Gasteiger charge is 2.34. The van der Waals surface area contributed by atoms with Crippen LogP contribution in [-0.2, 0) is 12.8 Å². The second-order valence-electron chi connectivity index (χ2n) is 19.0. The zero-order chi connectivity index (χ0) is 53.5. The van der Waals surface area contributed by atoms with Gasteiger partial charge in [0.1, 0.15) is 18.2 Å². The molecule has 3 saturated heterocycles. The predicted octanol–water partition coefficient (Wildman–Crippen LogP) is 5.03. The van der Waals surface area contributed by atoms with E-state index in [1.807, 2.05) is 40.3 Å². The van der Waals surface area contributed by atoms with Crippen molar-refractivity contribution >= 4 is 85.0 Å². The van der Waals surface area contributed by atoms with Crippen LogP contribution in [0.1, 0.15) is 102 Å². The van der Waals surface area contributed by atoms with Gasteiger partial charge < -0.3 is 35.8 Å². The number of nitrogens with one attached hydrogen (secondary N) is 6. The first-order valence-corrected chi connectivity index (χ1v) is 27.0. The average Bonchev–Trinajstić information content (AvgIpc) is 4.30. The van der Waals surface area contributed by atoms with E-state index in [0.29, 0.717) is 84.7 Å². The molecule has 0 saturated carbocycles. The number of rotatable bonds is 16. The van der Waals surface area contributed by atoms with E-state index < -0.39 is 24.2 Å². The minimum absolute atomic E-state index is 0.0523. The predicted molar refractivity (Wildman–Crippen MR) is 285 cm³/mol. The first kappa shape index (κ1) is 52.6. The number of aliphatic hydroxyl groups excluding tert-OH is 1. The second kappa shape index (κ2) is 23.5. The summed E-state index contributed by atoms with van der Waals surface area (Å²) in [5, 5.41) is 83.1. The maximum absolute atomic E-state index is 13.6. The maximum Gasteiger partial charge on any atom is 0.321 e. The second-order valence-corrected chi connectivity index (χ2v) is 22.0. The highest BCUT2D eigenvalue weighted by molar-refractivity contribution is 7.16. The van der Waals surface area contributed by atoms with E-state index in [-0.39, 0.29) is 66.0 Å². The van der Waals surface area contributed by atoms with Crippen LogP contribution < -0.4 is 46.6 Å². The van der Waals surface area contributed by atoms with Crippen LogP contribution in [0.15, 0.2) is 41.8 Å². The molecule has 0 radical (unpaired) electrons. The summed E-state index contributed by atoms with van der Waals surface area (Å²) in [6.07, 6.45) is 1.59. The topological polar surface area (TPSA) is 341 Å². The monoisotopic (exact) mass is 1080 g/mol. The number of hydrogen-bond acceptors (Lipinski definition) is 22. The van der Waals surface area contributed by atoms with Gasteiger partial charge in [-0.3, -0.25) is 16.0 Å². The Kier molecular flexibility index (Phi) is 16.3. The van der Waals surface area contributed by atoms with Crippen molar-refractivity contribution in [1.29, 1.82) is 15.8 Å². The van der Waals surface area contributed by atoms with Crippen LogP contribution in [0, 0.1) is 34.0 Å². The fraction of sp³-hybridized carbons (Fsp3) is 0.438. The minimum Gasteiger partial charge on any atom is -0.389 e. The molecule has 3 fully saturated rings. The van der Waals surface area contributed by atoms with Gasteiger partial charge in [0.15, 0.2) is 49.9 Å². The lowest BCUT2D eigenvalue weighted by atomic mass is 9.95. The largest absolute Gasteiger partial charge is 0.389 e. The Balaban J connectivity index is 0.857. The van der Waals surface area contributed by atoms with Crippen LogP contribution in [0.3, 0.4) is 0 Å². The Bertz CT molecular complexity index is 3160. The van der Waals surface area contributed by atoms with Gasteiger partial charge in [-0.15, -0.1) is 64.6 Å². The van der Waals surface area contributed by atoms with Crippen LogP contribution in [0.4, 0.5) is 47.2 Å². The van der Waals surface area contributed by atoms with Crippen molar-refractivity contribution in [2.45, 2.75) is 95.4 Å². The van der Waals surface area contributed by atoms with Gasteiger partial charge in [-0.2, -0.15) is 15.8 Å². The van der Waals surface area contributed by atoms with Gasteiger partial charge in [-0.1, -0.05) is 27.7 Å². The third-order valence-electron chi connectivity index (χ3n) is 13.1. The molecule has 25 nitrogen and oxygen atoms in total. The molecule has 392 valence electrons. The Morgan fingerprint density at radius 3 is 1.58 bits per heavy atom. The molecule has 6 amide bonds. The molecule has 6 aromatic rings. The van der Waals surface area contributed by atoms with Crippen molar-refractivity contribution in [3.63, 3.8) is 0 Å². The SMILES string of the molecule is CC(C)c1nc(NC(=O)N[C@H]2CCN(c3ccc(C#N)nn3)C2)sc1CC(C)c1nc(NC(=O)N[C@@H]2CCN(c3ccc(C#N)nn3)C2)sc1CC(C)c1csc(NC(=O)N[C@@H]2CN(c3ccc(C#N)nn3)C[C@@H]2O)n1. The van der Waals surface area contributed by atoms with Gasteiger partial charge in [0, 0.05) is 78.3 Å². The molecule has 2 unspecified atom stereocenters. The molecule has 6 atom stereocenters. The van der Waals surface area contributed by atoms with Gasteiger partial charge >= 0.3 is 18.1 Å². The molecule has 0 bridgehead atoms. The van der Waals surface area contributed by atoms with E-state index >= 15 is 0 Å². The van der Waals surface area contributed by atoms with Crippen molar-refractivity contribution in [2.75, 3.05) is 69.9 Å². The number of urea groups is 3. The molecule has 9 rings (SSSR count). The first-order chi connectivity index (χ1) is 36.7. The highest BCUT2D eigenvalue weighted by atomic mass is 32.1. The highest BCUT2D eigenvalue weighted by Crippen LogP contribution is 2.38. The zero-order valence-electron chi connectivity index (χ0n) is 41.8. The molecule has 0 aliphatic carbocycles. The number of carbonyl (C=O) groups is 3. The Labute approximate surface area is 448 Å². The quantitative estimate of drug-likeness (QED) is 0.0668. The number of nitrogens with zero attached hydrogens (tertiary/aromatic N) is 15. The lowest BCUT2D eigenvalue weighted by Gasteiger charge is -2.17. The number of hydrogen-bond donors (Lipinski definition) is 7. The van der Waals surface area contributed by atoms with Crippen molar-refractivity contribution in [3.8, 4) is 18.2 Å². The summed E-state index contributed by atoms with van der Waals surface area (Å²) in [6, 6.07) is 13.6. The number of aromatic nitrogens is 9. The van der Waals surface area contributed by atoms with E-state index in [9.17, 15) is 19.5 Å². The normalized spacial score (nSPS) is 18.9. The average molecular weight is 1080 g/mol. The van der Waals surface area contributed by atoms with Gasteiger partial charge in [-0.25, -0.2) is 29.3 Å². The van der Waals surface area contributed by atoms with Crippen LogP contribution in [0.2, 0.25) is 0 Å². The van der Waals surface area contributed by atoms with Gasteiger partial charge in [0.2, 0.25) is 0 Å². The fourth-order valence-electron chi connectivity index (χ4n) is 9.18. The molecule has 9 heterocycles. The summed E-state index contributed by atoms with van der Waals surface area (Å²) in [6.45, 7) is 11.1. The van der Waals surface area contributed by atoms with Crippen LogP contribution in [0.25, 0.3) is 0 Å². The molecule has 6 aromatic heterocycles. The molecule has 28 heteroatoms. The maximum atomic E-state index is 13.6. The van der Waals surface area contributed by atoms with Crippen LogP contribution >= 0.6 is 34.0 Å². The number of β-amino-alcohol motifs (C(OH)–C–C–N with tert-alkyl or cyclic N) is 1. The van der Waals surface area contributed by atoms with Gasteiger partial charge in [0.25, 0.3) is 0 Å². The summed E-state index contributed by atoms with van der Waals surface area (Å²) >= 11 is 4.09. The summed E-state index contributed by atoms with van der Waals surface area (Å²) in [5.74, 6) is 1.52. The smallest absolute Gasteiger partial charge is 0.321 e. The van der Waals surface area contributed by atoms with Crippen LogP contribution in [-0.4, -0.2) is 132 Å². The third-order valence-corrected chi connectivity index (χ3v) is 15.9. The summed E-state index contributed by atoms with van der Waals surface area (Å²) < 4.78 is 0. The lowest BCUT2D eigenvalue weighted by molar-refractivity contribution is 0.165. The van der Waals surface area contributed by atoms with Crippen molar-refractivity contribution in [2.24, 2.45) is 0 Å². The zero-order valence-corrected chi connectivity index (χ0v) is 44.2. The third kappa shape index (κ3) is 12.8. The summed E-state index contributed by atoms with van der Waals surface area (Å²) in [7, 11) is 0. The summed E-state index contributed by atoms with van der Waals surface area (Å²) in [5.41, 5.74) is 3.06. The standard InChI is InChI=1S/C48H53N21O4S3/c1-25(2)41-36(75-47(56-41)59-43(71)52-31-11-13-67(20-31)38-8-5-28(17-49)61-64-38)16-27(4)42-37(76-48(57-42)60-44(72)53-32-12-14-68(21-32)39-9-6-29(18-50)62-65-39)15-26(3)34-24-74-46(55-34)58-45(73)54-33-22-69(23-35(33)70)40-10-7-30(19-51)63-66-40/h5-10,24-27,31-33,35,70H,11-16,20-23H2,1-4H3,(H2,52,56,59,71)(H2,53,57,60,72)(H2,54,55,58,73)/t26?,27?,31-,32+,33+,35-/m0/s1. The van der Waals surface area contributed by atoms with Crippen molar-refractivity contribution in [1.82, 2.24) is 61.5 Å². The molecule has 0 aromatic carbocycles. The Morgan fingerprint density at radius 2 is 1.08 bits per heavy atom. The number of aliphatic hydroxyl groups is 1. The number of thiazole rings is 3. The van der Waals surface area contributed by atoms with Gasteiger partial charge in [-0.05, 0) is 68.0 Å². The number of carbonyl (C=O) groups excluding carboxylic acids is 3. The first-order valence-electron chi connectivity index (χ1n) is 24.5. The number of nitriles is 3. The van der Waals surface area contributed by atoms with E-state index in [0.717, 1.165) is 26.8 Å². The number of amides is 6. The molecule has 76 heavy (non-hydrogen) atoms. The fourth-order valence-corrected chi connectivity index (χ4v) is 12.5. The minimum atomic E-state index is -0.869. The van der Waals surface area contributed by atoms with Crippen LogP contribution in [0.5, 0.6) is 0 Å². The Hall–Kier alpha value is -8.23. The van der Waals surface area contributed by atoms with E-state index in [1.54, 1.807) is 41.3 Å². The van der Waals surface area contributed by atoms with E-state index in [2.05, 4.69) is 83.3 Å². The lowest BCUT2D eigenvalue weighted by Crippen LogP contribution is -2.44. The molecule has 3 aliphatic heterocycles.